The van der Waals surface area contributed by atoms with Crippen LogP contribution >= 0.6 is 0 Å². The van der Waals surface area contributed by atoms with Crippen LogP contribution in [-0.4, -0.2) is 47.8 Å². The Kier molecular flexibility index (Phi) is 9.87. The summed E-state index contributed by atoms with van der Waals surface area (Å²) in [6.07, 6.45) is 3.28. The molecule has 8 heteroatoms. The molecule has 1 N–H and O–H groups in total. The lowest BCUT2D eigenvalue weighted by atomic mass is 9.45. The van der Waals surface area contributed by atoms with Crippen molar-refractivity contribution in [3.05, 3.63) is 36.5 Å². The molecule has 0 aromatic carbocycles. The van der Waals surface area contributed by atoms with E-state index in [0.717, 1.165) is 12.0 Å². The van der Waals surface area contributed by atoms with Gasteiger partial charge in [-0.2, -0.15) is 0 Å². The minimum absolute atomic E-state index is 0.0747. The number of ether oxygens (including phenoxy) is 4. The van der Waals surface area contributed by atoms with Crippen LogP contribution in [0.3, 0.4) is 0 Å². The van der Waals surface area contributed by atoms with Gasteiger partial charge in [0.1, 0.15) is 6.10 Å². The number of esters is 3. The summed E-state index contributed by atoms with van der Waals surface area (Å²) in [7, 11) is 0. The third kappa shape index (κ3) is 5.87. The molecular weight excluding hydrogens is 500 g/mol. The van der Waals surface area contributed by atoms with Gasteiger partial charge in [0.25, 0.3) is 0 Å². The zero-order chi connectivity index (χ0) is 29.1. The smallest absolute Gasteiger partial charge is 0.309 e. The maximum Gasteiger partial charge on any atom is 0.309 e. The Morgan fingerprint density at radius 3 is 2.49 bits per heavy atom. The molecule has 3 rings (SSSR count). The van der Waals surface area contributed by atoms with E-state index in [0.29, 0.717) is 37.7 Å². The summed E-state index contributed by atoms with van der Waals surface area (Å²) in [6, 6.07) is 0. The molecule has 218 valence electrons. The van der Waals surface area contributed by atoms with Gasteiger partial charge in [0.15, 0.2) is 0 Å². The molecule has 1 aliphatic heterocycles. The summed E-state index contributed by atoms with van der Waals surface area (Å²) in [6.45, 7) is 19.1. The molecule has 3 aliphatic rings. The van der Waals surface area contributed by atoms with E-state index < -0.39 is 47.6 Å². The zero-order valence-electron chi connectivity index (χ0n) is 24.4. The fourth-order valence-electron chi connectivity index (χ4n) is 6.68. The molecule has 0 radical (unpaired) electrons. The maximum atomic E-state index is 12.9. The van der Waals surface area contributed by atoms with Crippen LogP contribution in [0.25, 0.3) is 0 Å². The zero-order valence-corrected chi connectivity index (χ0v) is 24.4. The molecule has 0 bridgehead atoms. The maximum absolute atomic E-state index is 12.9. The average Bonchev–Trinajstić information content (AvgIpc) is 3.17. The number of rotatable bonds is 11. The van der Waals surface area contributed by atoms with E-state index >= 15 is 0 Å². The number of carbonyl (C=O) groups is 3. The average molecular weight is 547 g/mol. The van der Waals surface area contributed by atoms with Gasteiger partial charge >= 0.3 is 17.9 Å². The van der Waals surface area contributed by atoms with Crippen molar-refractivity contribution in [2.24, 2.45) is 28.6 Å². The third-order valence-corrected chi connectivity index (χ3v) is 9.37. The van der Waals surface area contributed by atoms with Gasteiger partial charge in [-0.1, -0.05) is 59.4 Å². The lowest BCUT2D eigenvalue weighted by Gasteiger charge is -2.60. The molecule has 8 nitrogen and oxygen atoms in total. The van der Waals surface area contributed by atoms with E-state index in [1.807, 2.05) is 20.8 Å². The van der Waals surface area contributed by atoms with Gasteiger partial charge in [-0.3, -0.25) is 19.1 Å². The Balaban J connectivity index is 2.18. The first-order valence-corrected chi connectivity index (χ1v) is 14.3. The van der Waals surface area contributed by atoms with Gasteiger partial charge in [0.2, 0.25) is 12.6 Å². The van der Waals surface area contributed by atoms with Crippen molar-refractivity contribution in [1.29, 1.82) is 0 Å². The van der Waals surface area contributed by atoms with Crippen LogP contribution in [0.5, 0.6) is 0 Å². The third-order valence-electron chi connectivity index (χ3n) is 9.37. The highest BCUT2D eigenvalue weighted by atomic mass is 16.8. The molecule has 1 unspecified atom stereocenters. The summed E-state index contributed by atoms with van der Waals surface area (Å²) in [4.78, 5) is 37.8. The second-order valence-corrected chi connectivity index (χ2v) is 11.8. The molecule has 2 aliphatic carbocycles. The Bertz CT molecular complexity index is 1000. The highest BCUT2D eigenvalue weighted by Crippen LogP contribution is 2.67. The topological polar surface area (TPSA) is 108 Å². The Labute approximate surface area is 232 Å². The van der Waals surface area contributed by atoms with Gasteiger partial charge < -0.3 is 19.3 Å². The van der Waals surface area contributed by atoms with Gasteiger partial charge in [0.05, 0.1) is 17.4 Å². The number of carbonyl (C=O) groups excluding carboxylic acids is 3. The van der Waals surface area contributed by atoms with Crippen LogP contribution in [0.2, 0.25) is 0 Å². The van der Waals surface area contributed by atoms with Crippen LogP contribution in [0.4, 0.5) is 0 Å². The van der Waals surface area contributed by atoms with Crippen LogP contribution in [0, 0.1) is 28.6 Å². The molecule has 2 fully saturated rings. The van der Waals surface area contributed by atoms with E-state index in [4.69, 9.17) is 18.9 Å². The minimum atomic E-state index is -1.17. The first kappa shape index (κ1) is 31.1. The van der Waals surface area contributed by atoms with Crippen molar-refractivity contribution >= 4 is 17.9 Å². The van der Waals surface area contributed by atoms with Crippen LogP contribution in [0.15, 0.2) is 36.5 Å². The fraction of sp³-hybridized carbons (Fsp3) is 0.710. The Hall–Kier alpha value is -2.45. The normalized spacial score (nSPS) is 36.0. The predicted octanol–water partition coefficient (Wildman–Crippen LogP) is 5.40. The second-order valence-electron chi connectivity index (χ2n) is 11.8. The molecule has 1 saturated carbocycles. The van der Waals surface area contributed by atoms with Crippen LogP contribution in [-0.2, 0) is 33.3 Å². The second kappa shape index (κ2) is 12.4. The number of allylic oxidation sites excluding steroid dienone is 2. The van der Waals surface area contributed by atoms with Gasteiger partial charge in [-0.15, -0.1) is 0 Å². The first-order valence-electron chi connectivity index (χ1n) is 14.3. The minimum Gasteiger partial charge on any atom is -0.458 e. The highest BCUT2D eigenvalue weighted by molar-refractivity contribution is 5.72. The number of hydrogen-bond acceptors (Lipinski definition) is 8. The Morgan fingerprint density at radius 2 is 1.90 bits per heavy atom. The van der Waals surface area contributed by atoms with Crippen molar-refractivity contribution in [2.45, 2.75) is 111 Å². The van der Waals surface area contributed by atoms with E-state index in [-0.39, 0.29) is 30.1 Å². The van der Waals surface area contributed by atoms with E-state index in [2.05, 4.69) is 27.0 Å². The van der Waals surface area contributed by atoms with Gasteiger partial charge in [-0.05, 0) is 61.9 Å². The molecular formula is C31H46O8. The lowest BCUT2D eigenvalue weighted by molar-refractivity contribution is -0.255. The van der Waals surface area contributed by atoms with E-state index in [9.17, 15) is 19.5 Å². The molecule has 0 aromatic heterocycles. The fourth-order valence-corrected chi connectivity index (χ4v) is 6.68. The molecule has 1 heterocycles. The quantitative estimate of drug-likeness (QED) is 0.159. The summed E-state index contributed by atoms with van der Waals surface area (Å²) in [5.41, 5.74) is -0.153. The number of aliphatic hydroxyl groups is 1. The van der Waals surface area contributed by atoms with E-state index in [1.54, 1.807) is 12.2 Å². The molecule has 0 amide bonds. The van der Waals surface area contributed by atoms with Crippen molar-refractivity contribution in [1.82, 2.24) is 0 Å². The van der Waals surface area contributed by atoms with Crippen LogP contribution < -0.4 is 0 Å². The lowest BCUT2D eigenvalue weighted by Crippen LogP contribution is -2.63. The molecule has 39 heavy (non-hydrogen) atoms. The number of aliphatic hydroxyl groups excluding tert-OH is 1. The number of hydrogen-bond donors (Lipinski definition) is 1. The monoisotopic (exact) mass is 546 g/mol. The van der Waals surface area contributed by atoms with E-state index in [1.165, 1.54) is 6.92 Å². The van der Waals surface area contributed by atoms with Crippen molar-refractivity contribution in [2.75, 3.05) is 0 Å². The van der Waals surface area contributed by atoms with Gasteiger partial charge in [0, 0.05) is 18.9 Å². The molecule has 1 saturated heterocycles. The summed E-state index contributed by atoms with van der Waals surface area (Å²) < 4.78 is 23.7. The SMILES string of the molecule is C=CC(=C)CC[C@]1(C)[C@H]2C[C@H](OC(=O)C(C)CC)C=C3[C@H](OC(=O)CCC)O[C@H](OC(C)=O)[C@@]32[C@H](O)C[C@@H]1C. The summed E-state index contributed by atoms with van der Waals surface area (Å²) in [5, 5.41) is 11.8. The largest absolute Gasteiger partial charge is 0.458 e. The van der Waals surface area contributed by atoms with Crippen molar-refractivity contribution in [3.8, 4) is 0 Å². The Morgan fingerprint density at radius 1 is 1.21 bits per heavy atom. The molecule has 9 atom stereocenters. The standard InChI is InChI=1S/C31H46O8/c1-9-12-26(34)38-28-23-16-22(37-27(35)19(5)11-3)17-24-30(8,14-13-18(4)10-2)20(6)15-25(33)31(23,24)29(39-28)36-21(7)32/h10,16,19-20,22,24-25,28-29,33H,2,4,9,11-15,17H2,1,3,5-8H3/t19?,20-,22+,24+,25+,28+,29-,30-,31-/m0/s1. The molecule has 1 spiro atoms. The highest BCUT2D eigenvalue weighted by Gasteiger charge is 2.71. The predicted molar refractivity (Wildman–Crippen MR) is 146 cm³/mol. The van der Waals surface area contributed by atoms with Crippen molar-refractivity contribution in [3.63, 3.8) is 0 Å². The van der Waals surface area contributed by atoms with Gasteiger partial charge in [-0.25, -0.2) is 0 Å². The summed E-state index contributed by atoms with van der Waals surface area (Å²) >= 11 is 0. The van der Waals surface area contributed by atoms with Crippen molar-refractivity contribution < 1.29 is 38.4 Å². The summed E-state index contributed by atoms with van der Waals surface area (Å²) in [5.74, 6) is -1.86. The first-order chi connectivity index (χ1) is 18.3. The van der Waals surface area contributed by atoms with Crippen LogP contribution in [0.1, 0.15) is 86.5 Å². The molecule has 0 aromatic rings.